The van der Waals surface area contributed by atoms with Gasteiger partial charge < -0.3 is 10.6 Å². The van der Waals surface area contributed by atoms with E-state index in [9.17, 15) is 9.18 Å². The number of urea groups is 1. The first-order valence-corrected chi connectivity index (χ1v) is 5.88. The number of nitrogens with one attached hydrogen (secondary N) is 2. The summed E-state index contributed by atoms with van der Waals surface area (Å²) in [5.41, 5.74) is 1.40. The molecule has 0 bridgehead atoms. The van der Waals surface area contributed by atoms with Gasteiger partial charge in [-0.2, -0.15) is 0 Å². The van der Waals surface area contributed by atoms with Crippen LogP contribution in [0, 0.1) is 12.7 Å². The zero-order chi connectivity index (χ0) is 13.8. The Morgan fingerprint density at radius 3 is 2.53 bits per heavy atom. The lowest BCUT2D eigenvalue weighted by Crippen LogP contribution is -2.19. The Balaban J connectivity index is 2.03. The summed E-state index contributed by atoms with van der Waals surface area (Å²) in [6.45, 7) is 1.65. The minimum atomic E-state index is -0.481. The van der Waals surface area contributed by atoms with Gasteiger partial charge in [-0.3, -0.25) is 0 Å². The molecule has 0 spiro atoms. The fourth-order valence-corrected chi connectivity index (χ4v) is 1.62. The number of hydrogen-bond donors (Lipinski definition) is 2. The molecule has 2 amide bonds. The van der Waals surface area contributed by atoms with Crippen LogP contribution in [0.5, 0.6) is 0 Å². The number of aromatic nitrogens is 1. The molecule has 0 saturated heterocycles. The van der Waals surface area contributed by atoms with Gasteiger partial charge in [-0.15, -0.1) is 0 Å². The summed E-state index contributed by atoms with van der Waals surface area (Å²) in [5, 5.41) is 5.37. The molecule has 1 aromatic heterocycles. The van der Waals surface area contributed by atoms with Crippen molar-refractivity contribution in [3.8, 4) is 0 Å². The third kappa shape index (κ3) is 3.66. The van der Waals surface area contributed by atoms with Gasteiger partial charge in [0, 0.05) is 17.6 Å². The van der Waals surface area contributed by atoms with Gasteiger partial charge in [0.2, 0.25) is 0 Å². The van der Waals surface area contributed by atoms with Crippen molar-refractivity contribution in [1.82, 2.24) is 4.98 Å². The van der Waals surface area contributed by atoms with Crippen molar-refractivity contribution >= 4 is 29.0 Å². The number of carbonyl (C=O) groups excluding carboxylic acids is 1. The SMILES string of the molecule is Cc1ccc(NC(=O)Nc2ccnc(Cl)c2)cc1F. The Bertz CT molecular complexity index is 619. The standard InChI is InChI=1S/C13H11ClFN3O/c1-8-2-3-9(6-11(8)15)17-13(19)18-10-4-5-16-12(14)7-10/h2-7H,1H3,(H2,16,17,18,19). The van der Waals surface area contributed by atoms with Crippen molar-refractivity contribution in [3.63, 3.8) is 0 Å². The number of rotatable bonds is 2. The molecule has 0 fully saturated rings. The molecule has 1 aromatic carbocycles. The van der Waals surface area contributed by atoms with Crippen molar-refractivity contribution in [2.45, 2.75) is 6.92 Å². The minimum Gasteiger partial charge on any atom is -0.308 e. The van der Waals surface area contributed by atoms with E-state index < -0.39 is 6.03 Å². The Hall–Kier alpha value is -2.14. The van der Waals surface area contributed by atoms with Crippen molar-refractivity contribution in [3.05, 3.63) is 53.1 Å². The van der Waals surface area contributed by atoms with Gasteiger partial charge in [0.25, 0.3) is 0 Å². The summed E-state index contributed by atoms with van der Waals surface area (Å²) in [5.74, 6) is -0.371. The van der Waals surface area contributed by atoms with Gasteiger partial charge in [0.1, 0.15) is 11.0 Å². The van der Waals surface area contributed by atoms with E-state index in [1.165, 1.54) is 18.3 Å². The molecule has 0 unspecified atom stereocenters. The smallest absolute Gasteiger partial charge is 0.308 e. The number of amides is 2. The van der Waals surface area contributed by atoms with Crippen molar-refractivity contribution in [2.75, 3.05) is 10.6 Å². The number of benzene rings is 1. The van der Waals surface area contributed by atoms with Crippen LogP contribution in [-0.4, -0.2) is 11.0 Å². The number of pyridine rings is 1. The number of hydrogen-bond acceptors (Lipinski definition) is 2. The molecule has 19 heavy (non-hydrogen) atoms. The zero-order valence-electron chi connectivity index (χ0n) is 10.1. The van der Waals surface area contributed by atoms with Crippen LogP contribution in [0.2, 0.25) is 5.15 Å². The first kappa shape index (κ1) is 13.3. The Morgan fingerprint density at radius 2 is 1.89 bits per heavy atom. The van der Waals surface area contributed by atoms with Crippen LogP contribution in [0.25, 0.3) is 0 Å². The third-order valence-corrected chi connectivity index (χ3v) is 2.62. The average Bonchev–Trinajstić information content (AvgIpc) is 2.34. The second kappa shape index (κ2) is 5.67. The molecule has 2 rings (SSSR count). The molecule has 0 radical (unpaired) electrons. The highest BCUT2D eigenvalue weighted by atomic mass is 35.5. The zero-order valence-corrected chi connectivity index (χ0v) is 10.8. The van der Waals surface area contributed by atoms with E-state index in [2.05, 4.69) is 15.6 Å². The molecule has 0 aliphatic rings. The predicted octanol–water partition coefficient (Wildman–Crippen LogP) is 3.83. The van der Waals surface area contributed by atoms with Gasteiger partial charge in [-0.1, -0.05) is 17.7 Å². The number of nitrogens with zero attached hydrogens (tertiary/aromatic N) is 1. The molecule has 1 heterocycles. The highest BCUT2D eigenvalue weighted by Gasteiger charge is 2.05. The van der Waals surface area contributed by atoms with Gasteiger partial charge in [0.15, 0.2) is 0 Å². The van der Waals surface area contributed by atoms with Gasteiger partial charge in [0.05, 0.1) is 0 Å². The lowest BCUT2D eigenvalue weighted by atomic mass is 10.2. The summed E-state index contributed by atoms with van der Waals surface area (Å²) >= 11 is 5.69. The minimum absolute atomic E-state index is 0.277. The summed E-state index contributed by atoms with van der Waals surface area (Å²) < 4.78 is 13.3. The lowest BCUT2D eigenvalue weighted by molar-refractivity contribution is 0.262. The topological polar surface area (TPSA) is 54.0 Å². The van der Waals surface area contributed by atoms with Crippen LogP contribution in [-0.2, 0) is 0 Å². The molecular formula is C13H11ClFN3O. The van der Waals surface area contributed by atoms with Crippen molar-refractivity contribution in [1.29, 1.82) is 0 Å². The van der Waals surface area contributed by atoms with E-state index in [-0.39, 0.29) is 11.0 Å². The maximum atomic E-state index is 13.3. The fraction of sp³-hybridized carbons (Fsp3) is 0.0769. The summed E-state index contributed by atoms with van der Waals surface area (Å²) in [4.78, 5) is 15.5. The van der Waals surface area contributed by atoms with Crippen LogP contribution in [0.3, 0.4) is 0 Å². The van der Waals surface area contributed by atoms with E-state index in [0.29, 0.717) is 16.9 Å². The highest BCUT2D eigenvalue weighted by molar-refractivity contribution is 6.29. The monoisotopic (exact) mass is 279 g/mol. The molecule has 0 atom stereocenters. The predicted molar refractivity (Wildman–Crippen MR) is 73.0 cm³/mol. The number of halogens is 2. The second-order valence-corrected chi connectivity index (χ2v) is 4.30. The number of carbonyl (C=O) groups is 1. The molecule has 0 aliphatic heterocycles. The van der Waals surface area contributed by atoms with E-state index in [1.54, 1.807) is 25.1 Å². The quantitative estimate of drug-likeness (QED) is 0.821. The van der Waals surface area contributed by atoms with Gasteiger partial charge in [-0.25, -0.2) is 14.2 Å². The van der Waals surface area contributed by atoms with Crippen LogP contribution >= 0.6 is 11.6 Å². The maximum absolute atomic E-state index is 13.3. The molecule has 0 saturated carbocycles. The van der Waals surface area contributed by atoms with E-state index >= 15 is 0 Å². The van der Waals surface area contributed by atoms with Crippen LogP contribution in [0.15, 0.2) is 36.5 Å². The lowest BCUT2D eigenvalue weighted by Gasteiger charge is -2.08. The van der Waals surface area contributed by atoms with E-state index in [4.69, 9.17) is 11.6 Å². The summed E-state index contributed by atoms with van der Waals surface area (Å²) in [6, 6.07) is 7.10. The molecule has 2 aromatic rings. The molecule has 98 valence electrons. The fourth-order valence-electron chi connectivity index (χ4n) is 1.44. The highest BCUT2D eigenvalue weighted by Crippen LogP contribution is 2.15. The number of aryl methyl sites for hydroxylation is 1. The summed E-state index contributed by atoms with van der Waals surface area (Å²) in [6.07, 6.45) is 1.48. The normalized spacial score (nSPS) is 10.1. The molecule has 2 N–H and O–H groups in total. The maximum Gasteiger partial charge on any atom is 0.323 e. The molecular weight excluding hydrogens is 269 g/mol. The Morgan fingerprint density at radius 1 is 1.21 bits per heavy atom. The van der Waals surface area contributed by atoms with Crippen LogP contribution in [0.4, 0.5) is 20.6 Å². The molecule has 4 nitrogen and oxygen atoms in total. The van der Waals surface area contributed by atoms with Crippen molar-refractivity contribution in [2.24, 2.45) is 0 Å². The summed E-state index contributed by atoms with van der Waals surface area (Å²) in [7, 11) is 0. The van der Waals surface area contributed by atoms with Crippen LogP contribution in [0.1, 0.15) is 5.56 Å². The van der Waals surface area contributed by atoms with Gasteiger partial charge in [-0.05, 0) is 36.8 Å². The van der Waals surface area contributed by atoms with E-state index in [1.807, 2.05) is 0 Å². The Labute approximate surface area is 114 Å². The van der Waals surface area contributed by atoms with Crippen LogP contribution < -0.4 is 10.6 Å². The molecule has 6 heteroatoms. The van der Waals surface area contributed by atoms with Gasteiger partial charge >= 0.3 is 6.03 Å². The molecule has 0 aliphatic carbocycles. The largest absolute Gasteiger partial charge is 0.323 e. The Kier molecular flexibility index (Phi) is 3.97. The average molecular weight is 280 g/mol. The third-order valence-electron chi connectivity index (χ3n) is 2.41. The second-order valence-electron chi connectivity index (χ2n) is 3.91. The first-order chi connectivity index (χ1) is 9.04. The van der Waals surface area contributed by atoms with Crippen molar-refractivity contribution < 1.29 is 9.18 Å². The first-order valence-electron chi connectivity index (χ1n) is 5.50. The number of anilines is 2. The van der Waals surface area contributed by atoms with E-state index in [0.717, 1.165) is 0 Å².